The smallest absolute Gasteiger partial charge is 0.325 e. The normalized spacial score (nSPS) is 8.86. The molecule has 0 amide bonds. The van der Waals surface area contributed by atoms with Gasteiger partial charge in [0, 0.05) is 6.07 Å². The van der Waals surface area contributed by atoms with Gasteiger partial charge in [0.1, 0.15) is 6.42 Å². The number of rotatable bonds is 2. The first-order chi connectivity index (χ1) is 6.59. The SMILES string of the molecule is O=C(O)CC#Cc1ccc([N+](=O)[O-])s1. The van der Waals surface area contributed by atoms with E-state index in [1.807, 2.05) is 0 Å². The van der Waals surface area contributed by atoms with E-state index in [-0.39, 0.29) is 11.4 Å². The summed E-state index contributed by atoms with van der Waals surface area (Å²) < 4.78 is 0. The van der Waals surface area contributed by atoms with Crippen molar-refractivity contribution in [2.24, 2.45) is 0 Å². The fourth-order valence-corrected chi connectivity index (χ4v) is 1.40. The summed E-state index contributed by atoms with van der Waals surface area (Å²) in [6.45, 7) is 0. The van der Waals surface area contributed by atoms with Gasteiger partial charge in [0.05, 0.1) is 9.80 Å². The minimum atomic E-state index is -1.01. The average Bonchev–Trinajstić information content (AvgIpc) is 2.52. The second kappa shape index (κ2) is 4.39. The van der Waals surface area contributed by atoms with Crippen LogP contribution in [0.1, 0.15) is 11.3 Å². The van der Waals surface area contributed by atoms with Crippen molar-refractivity contribution in [1.29, 1.82) is 0 Å². The van der Waals surface area contributed by atoms with E-state index in [2.05, 4.69) is 11.8 Å². The number of thiophene rings is 1. The second-order valence-electron chi connectivity index (χ2n) is 2.27. The highest BCUT2D eigenvalue weighted by Gasteiger charge is 2.07. The fraction of sp³-hybridized carbons (Fsp3) is 0.125. The maximum absolute atomic E-state index is 10.3. The Bertz CT molecular complexity index is 426. The lowest BCUT2D eigenvalue weighted by molar-refractivity contribution is -0.380. The molecule has 1 aromatic rings. The van der Waals surface area contributed by atoms with Crippen LogP contribution in [0.2, 0.25) is 0 Å². The number of nitro groups is 1. The van der Waals surface area contributed by atoms with Gasteiger partial charge < -0.3 is 5.11 Å². The van der Waals surface area contributed by atoms with E-state index in [4.69, 9.17) is 5.11 Å². The molecule has 1 N–H and O–H groups in total. The lowest BCUT2D eigenvalue weighted by Crippen LogP contribution is -1.89. The van der Waals surface area contributed by atoms with Gasteiger partial charge in [0.25, 0.3) is 0 Å². The van der Waals surface area contributed by atoms with E-state index in [0.717, 1.165) is 11.3 Å². The monoisotopic (exact) mass is 211 g/mol. The number of carboxylic acid groups (broad SMARTS) is 1. The lowest BCUT2D eigenvalue weighted by atomic mass is 10.4. The maximum atomic E-state index is 10.3. The molecule has 0 radical (unpaired) electrons. The third-order valence-corrected chi connectivity index (χ3v) is 2.18. The minimum Gasteiger partial charge on any atom is -0.481 e. The molecule has 0 saturated carbocycles. The Morgan fingerprint density at radius 1 is 1.64 bits per heavy atom. The Morgan fingerprint density at radius 2 is 2.36 bits per heavy atom. The number of aliphatic carboxylic acids is 1. The summed E-state index contributed by atoms with van der Waals surface area (Å²) in [6.07, 6.45) is -0.258. The van der Waals surface area contributed by atoms with Gasteiger partial charge in [-0.2, -0.15) is 0 Å². The van der Waals surface area contributed by atoms with Crippen LogP contribution in [0.15, 0.2) is 12.1 Å². The molecular weight excluding hydrogens is 206 g/mol. The number of hydrogen-bond donors (Lipinski definition) is 1. The van der Waals surface area contributed by atoms with Crippen molar-refractivity contribution in [3.63, 3.8) is 0 Å². The predicted molar refractivity (Wildman–Crippen MR) is 50.1 cm³/mol. The highest BCUT2D eigenvalue weighted by Crippen LogP contribution is 2.22. The van der Waals surface area contributed by atoms with Crippen molar-refractivity contribution < 1.29 is 14.8 Å². The number of carbonyl (C=O) groups is 1. The minimum absolute atomic E-state index is 0.00428. The first-order valence-electron chi connectivity index (χ1n) is 3.54. The molecule has 6 heteroatoms. The van der Waals surface area contributed by atoms with E-state index >= 15 is 0 Å². The largest absolute Gasteiger partial charge is 0.481 e. The molecule has 0 aliphatic carbocycles. The van der Waals surface area contributed by atoms with Crippen LogP contribution in [0.4, 0.5) is 5.00 Å². The summed E-state index contributed by atoms with van der Waals surface area (Å²) >= 11 is 0.927. The van der Waals surface area contributed by atoms with Crippen molar-refractivity contribution >= 4 is 22.3 Å². The van der Waals surface area contributed by atoms with Crippen LogP contribution in [-0.4, -0.2) is 16.0 Å². The molecular formula is C8H5NO4S. The first kappa shape index (κ1) is 10.2. The van der Waals surface area contributed by atoms with Crippen LogP contribution in [0.25, 0.3) is 0 Å². The molecule has 0 atom stereocenters. The van der Waals surface area contributed by atoms with Gasteiger partial charge >= 0.3 is 11.0 Å². The van der Waals surface area contributed by atoms with Gasteiger partial charge in [-0.3, -0.25) is 14.9 Å². The van der Waals surface area contributed by atoms with Crippen molar-refractivity contribution in [2.45, 2.75) is 6.42 Å². The van der Waals surface area contributed by atoms with Crippen LogP contribution in [-0.2, 0) is 4.79 Å². The Kier molecular flexibility index (Phi) is 3.20. The van der Waals surface area contributed by atoms with Crippen LogP contribution >= 0.6 is 11.3 Å². The van der Waals surface area contributed by atoms with Gasteiger partial charge in [0.2, 0.25) is 0 Å². The summed E-state index contributed by atoms with van der Waals surface area (Å²) in [4.78, 5) is 20.4. The number of hydrogen-bond acceptors (Lipinski definition) is 4. The molecule has 0 spiro atoms. The molecule has 0 aromatic carbocycles. The summed E-state index contributed by atoms with van der Waals surface area (Å²) in [6, 6.07) is 2.84. The van der Waals surface area contributed by atoms with Gasteiger partial charge in [-0.25, -0.2) is 0 Å². The number of nitrogens with zero attached hydrogens (tertiary/aromatic N) is 1. The molecule has 0 bridgehead atoms. The Morgan fingerprint density at radius 3 is 2.86 bits per heavy atom. The highest BCUT2D eigenvalue weighted by molar-refractivity contribution is 7.15. The first-order valence-corrected chi connectivity index (χ1v) is 4.36. The third-order valence-electron chi connectivity index (χ3n) is 1.22. The summed E-state index contributed by atoms with van der Waals surface area (Å²) in [7, 11) is 0. The zero-order valence-corrected chi connectivity index (χ0v) is 7.71. The average molecular weight is 211 g/mol. The lowest BCUT2D eigenvalue weighted by Gasteiger charge is -1.79. The molecule has 0 aliphatic rings. The maximum Gasteiger partial charge on any atom is 0.325 e. The van der Waals surface area contributed by atoms with Crippen LogP contribution in [0.5, 0.6) is 0 Å². The predicted octanol–water partition coefficient (Wildman–Crippen LogP) is 1.48. The molecule has 0 aliphatic heterocycles. The molecule has 0 fully saturated rings. The van der Waals surface area contributed by atoms with Crippen molar-refractivity contribution in [1.82, 2.24) is 0 Å². The van der Waals surface area contributed by atoms with Gasteiger partial charge in [-0.15, -0.1) is 0 Å². The van der Waals surface area contributed by atoms with E-state index in [9.17, 15) is 14.9 Å². The molecule has 0 saturated heterocycles. The molecule has 1 heterocycles. The Hall–Kier alpha value is -1.87. The van der Waals surface area contributed by atoms with E-state index in [1.54, 1.807) is 0 Å². The van der Waals surface area contributed by atoms with Crippen LogP contribution < -0.4 is 0 Å². The van der Waals surface area contributed by atoms with Crippen LogP contribution in [0.3, 0.4) is 0 Å². The van der Waals surface area contributed by atoms with Crippen molar-refractivity contribution in [2.75, 3.05) is 0 Å². The zero-order valence-electron chi connectivity index (χ0n) is 6.89. The summed E-state index contributed by atoms with van der Waals surface area (Å²) in [5.74, 6) is 3.92. The topological polar surface area (TPSA) is 80.4 Å². The Balaban J connectivity index is 2.71. The molecule has 1 rings (SSSR count). The molecule has 1 aromatic heterocycles. The zero-order chi connectivity index (χ0) is 10.6. The summed E-state index contributed by atoms with van der Waals surface area (Å²) in [5, 5.41) is 18.6. The van der Waals surface area contributed by atoms with Gasteiger partial charge in [-0.1, -0.05) is 23.2 Å². The Labute approximate surface area is 83.1 Å². The molecule has 14 heavy (non-hydrogen) atoms. The molecule has 0 unspecified atom stereocenters. The third kappa shape index (κ3) is 2.88. The van der Waals surface area contributed by atoms with Crippen molar-refractivity contribution in [3.05, 3.63) is 27.1 Å². The second-order valence-corrected chi connectivity index (χ2v) is 3.33. The van der Waals surface area contributed by atoms with Gasteiger partial charge in [0.15, 0.2) is 0 Å². The fourth-order valence-electron chi connectivity index (χ4n) is 0.700. The van der Waals surface area contributed by atoms with E-state index in [1.165, 1.54) is 12.1 Å². The van der Waals surface area contributed by atoms with E-state index in [0.29, 0.717) is 4.88 Å². The van der Waals surface area contributed by atoms with Crippen LogP contribution in [0, 0.1) is 22.0 Å². The van der Waals surface area contributed by atoms with Gasteiger partial charge in [-0.05, 0) is 6.07 Å². The highest BCUT2D eigenvalue weighted by atomic mass is 32.1. The molecule has 72 valence electrons. The molecule has 5 nitrogen and oxygen atoms in total. The standard InChI is InChI=1S/C8H5NO4S/c10-8(11)3-1-2-6-4-5-7(14-6)9(12)13/h4-5H,3H2,(H,10,11). The number of carboxylic acids is 1. The van der Waals surface area contributed by atoms with Crippen molar-refractivity contribution in [3.8, 4) is 11.8 Å². The van der Waals surface area contributed by atoms with E-state index < -0.39 is 10.9 Å². The quantitative estimate of drug-likeness (QED) is 0.456. The summed E-state index contributed by atoms with van der Waals surface area (Å²) in [5.41, 5.74) is 0.